The number of aryl methyl sites for hydroxylation is 1. The van der Waals surface area contributed by atoms with Gasteiger partial charge in [-0.05, 0) is 49.6 Å². The summed E-state index contributed by atoms with van der Waals surface area (Å²) >= 11 is 7.94. The van der Waals surface area contributed by atoms with Gasteiger partial charge in [0.1, 0.15) is 12.4 Å². The molecule has 1 aliphatic carbocycles. The van der Waals surface area contributed by atoms with Gasteiger partial charge in [-0.3, -0.25) is 19.5 Å². The van der Waals surface area contributed by atoms with E-state index in [1.54, 1.807) is 6.20 Å². The number of aromatic nitrogens is 1. The van der Waals surface area contributed by atoms with Gasteiger partial charge in [0, 0.05) is 40.1 Å². The lowest BCUT2D eigenvalue weighted by Gasteiger charge is -2.35. The molecule has 0 N–H and O–H groups in total. The predicted octanol–water partition coefficient (Wildman–Crippen LogP) is 5.65. The molecular weight excluding hydrogens is 458 g/mol. The highest BCUT2D eigenvalue weighted by molar-refractivity contribution is 7.19. The van der Waals surface area contributed by atoms with Crippen molar-refractivity contribution in [3.63, 3.8) is 0 Å². The van der Waals surface area contributed by atoms with E-state index in [0.29, 0.717) is 17.4 Å². The Morgan fingerprint density at radius 2 is 1.97 bits per heavy atom. The zero-order chi connectivity index (χ0) is 23.2. The monoisotopic (exact) mass is 479 g/mol. The van der Waals surface area contributed by atoms with Gasteiger partial charge >= 0.3 is 0 Å². The van der Waals surface area contributed by atoms with Crippen molar-refractivity contribution in [1.29, 1.82) is 5.26 Å². The number of fused-ring (bicyclic) bond motifs is 1. The van der Waals surface area contributed by atoms with Crippen LogP contribution < -0.4 is 4.74 Å². The Balaban J connectivity index is 1.53. The van der Waals surface area contributed by atoms with Crippen molar-refractivity contribution < 1.29 is 14.3 Å². The molecule has 0 spiro atoms. The van der Waals surface area contributed by atoms with Gasteiger partial charge in [0.2, 0.25) is 11.8 Å². The molecule has 3 heterocycles. The Morgan fingerprint density at radius 1 is 1.21 bits per heavy atom. The van der Waals surface area contributed by atoms with Crippen LogP contribution in [-0.2, 0) is 16.1 Å². The number of likely N-dealkylation sites (tertiary alicyclic amines) is 1. The SMILES string of the molecule is Cc1cc(Cl)cc(-c2ccnc3cc(CN4C(=O)CCC4=O)sc23)c1OCC1(C#N)CCC1. The number of pyridine rings is 1. The molecule has 3 aromatic rings. The third-order valence-electron chi connectivity index (χ3n) is 6.50. The van der Waals surface area contributed by atoms with Gasteiger partial charge in [0.25, 0.3) is 0 Å². The summed E-state index contributed by atoms with van der Waals surface area (Å²) in [6, 6.07) is 10.0. The first-order chi connectivity index (χ1) is 15.9. The highest BCUT2D eigenvalue weighted by Crippen LogP contribution is 2.44. The first kappa shape index (κ1) is 21.9. The number of carbonyl (C=O) groups is 2. The number of nitriles is 1. The van der Waals surface area contributed by atoms with Crippen molar-refractivity contribution in [2.75, 3.05) is 6.61 Å². The van der Waals surface area contributed by atoms with Crippen LogP contribution in [0.5, 0.6) is 5.75 Å². The van der Waals surface area contributed by atoms with Crippen LogP contribution in [0.15, 0.2) is 30.5 Å². The summed E-state index contributed by atoms with van der Waals surface area (Å²) in [5.41, 5.74) is 3.06. The number of hydrogen-bond acceptors (Lipinski definition) is 6. The molecule has 6 nitrogen and oxygen atoms in total. The molecule has 33 heavy (non-hydrogen) atoms. The summed E-state index contributed by atoms with van der Waals surface area (Å²) in [7, 11) is 0. The largest absolute Gasteiger partial charge is 0.491 e. The number of halogens is 1. The maximum atomic E-state index is 12.1. The minimum Gasteiger partial charge on any atom is -0.491 e. The summed E-state index contributed by atoms with van der Waals surface area (Å²) < 4.78 is 7.21. The standard InChI is InChI=1S/C25H22ClN3O3S/c1-15-9-16(26)10-19(23(15)32-14-25(13-27)6-2-7-25)18-5-8-28-20-11-17(33-24(18)20)12-29-21(30)3-4-22(29)31/h5,8-11H,2-4,6-7,12,14H2,1H3. The average Bonchev–Trinajstić information content (AvgIpc) is 3.32. The quantitative estimate of drug-likeness (QED) is 0.427. The second kappa shape index (κ2) is 8.44. The fraction of sp³-hybridized carbons (Fsp3) is 0.360. The normalized spacial score (nSPS) is 17.3. The van der Waals surface area contributed by atoms with Gasteiger partial charge in [-0.1, -0.05) is 18.0 Å². The van der Waals surface area contributed by atoms with E-state index in [0.717, 1.165) is 51.0 Å². The molecule has 1 saturated heterocycles. The molecule has 2 aliphatic rings. The average molecular weight is 480 g/mol. The Bertz CT molecular complexity index is 1310. The zero-order valence-corrected chi connectivity index (χ0v) is 19.8. The van der Waals surface area contributed by atoms with Crippen molar-refractivity contribution in [2.24, 2.45) is 5.41 Å². The van der Waals surface area contributed by atoms with Crippen LogP contribution in [-0.4, -0.2) is 28.3 Å². The van der Waals surface area contributed by atoms with Crippen LogP contribution >= 0.6 is 22.9 Å². The van der Waals surface area contributed by atoms with Crippen LogP contribution in [0.3, 0.4) is 0 Å². The van der Waals surface area contributed by atoms with E-state index in [4.69, 9.17) is 16.3 Å². The lowest BCUT2D eigenvalue weighted by Crippen LogP contribution is -2.34. The number of benzene rings is 1. The van der Waals surface area contributed by atoms with Crippen LogP contribution in [0, 0.1) is 23.7 Å². The van der Waals surface area contributed by atoms with E-state index in [9.17, 15) is 14.9 Å². The number of nitrogens with zero attached hydrogens (tertiary/aromatic N) is 3. The molecule has 0 radical (unpaired) electrons. The Labute approximate surface area is 200 Å². The number of hydrogen-bond donors (Lipinski definition) is 0. The predicted molar refractivity (Wildman–Crippen MR) is 127 cm³/mol. The van der Waals surface area contributed by atoms with Gasteiger partial charge in [0.15, 0.2) is 0 Å². The Kier molecular flexibility index (Phi) is 5.59. The fourth-order valence-corrected chi connectivity index (χ4v) is 5.86. The van der Waals surface area contributed by atoms with Gasteiger partial charge in [0.05, 0.1) is 28.2 Å². The van der Waals surface area contributed by atoms with Crippen molar-refractivity contribution >= 4 is 45.0 Å². The highest BCUT2D eigenvalue weighted by Gasteiger charge is 2.38. The van der Waals surface area contributed by atoms with Gasteiger partial charge < -0.3 is 4.74 Å². The number of rotatable bonds is 6. The number of imide groups is 1. The topological polar surface area (TPSA) is 83.3 Å². The van der Waals surface area contributed by atoms with Crippen LogP contribution in [0.4, 0.5) is 0 Å². The second-order valence-corrected chi connectivity index (χ2v) is 10.4. The second-order valence-electron chi connectivity index (χ2n) is 8.79. The van der Waals surface area contributed by atoms with E-state index in [1.165, 1.54) is 16.2 Å². The molecule has 2 fully saturated rings. The molecule has 0 unspecified atom stereocenters. The van der Waals surface area contributed by atoms with Crippen LogP contribution in [0.25, 0.3) is 21.3 Å². The zero-order valence-electron chi connectivity index (χ0n) is 18.2. The van der Waals surface area contributed by atoms with Crippen molar-refractivity contribution in [3.8, 4) is 22.9 Å². The summed E-state index contributed by atoms with van der Waals surface area (Å²) in [6.07, 6.45) is 5.05. The van der Waals surface area contributed by atoms with E-state index >= 15 is 0 Å². The molecule has 0 atom stereocenters. The maximum absolute atomic E-state index is 12.1. The molecule has 0 bridgehead atoms. The third-order valence-corrected chi connectivity index (χ3v) is 7.86. The molecule has 8 heteroatoms. The fourth-order valence-electron chi connectivity index (χ4n) is 4.46. The molecule has 1 aromatic carbocycles. The molecule has 1 saturated carbocycles. The highest BCUT2D eigenvalue weighted by atomic mass is 35.5. The van der Waals surface area contributed by atoms with E-state index in [-0.39, 0.29) is 31.2 Å². The van der Waals surface area contributed by atoms with Gasteiger partial charge in [-0.25, -0.2) is 0 Å². The summed E-state index contributed by atoms with van der Waals surface area (Å²) in [5.74, 6) is 0.455. The lowest BCUT2D eigenvalue weighted by molar-refractivity contribution is -0.138. The first-order valence-corrected chi connectivity index (χ1v) is 12.1. The first-order valence-electron chi connectivity index (χ1n) is 10.9. The van der Waals surface area contributed by atoms with Gasteiger partial charge in [-0.15, -0.1) is 11.3 Å². The number of carbonyl (C=O) groups excluding carboxylic acids is 2. The van der Waals surface area contributed by atoms with Crippen molar-refractivity contribution in [3.05, 3.63) is 45.9 Å². The number of ether oxygens (including phenoxy) is 1. The Hall–Kier alpha value is -2.95. The van der Waals surface area contributed by atoms with Crippen molar-refractivity contribution in [2.45, 2.75) is 45.6 Å². The molecule has 1 aliphatic heterocycles. The number of thiophene rings is 1. The summed E-state index contributed by atoms with van der Waals surface area (Å²) in [5, 5.41) is 10.2. The minimum absolute atomic E-state index is 0.130. The molecular formula is C25H22ClN3O3S. The minimum atomic E-state index is -0.415. The van der Waals surface area contributed by atoms with Crippen LogP contribution in [0.2, 0.25) is 5.02 Å². The van der Waals surface area contributed by atoms with Gasteiger partial charge in [-0.2, -0.15) is 5.26 Å². The third kappa shape index (κ3) is 3.98. The van der Waals surface area contributed by atoms with E-state index < -0.39 is 5.41 Å². The Morgan fingerprint density at radius 3 is 2.64 bits per heavy atom. The van der Waals surface area contributed by atoms with E-state index in [2.05, 4.69) is 11.1 Å². The maximum Gasteiger partial charge on any atom is 0.230 e. The van der Waals surface area contributed by atoms with Crippen molar-refractivity contribution in [1.82, 2.24) is 9.88 Å². The summed E-state index contributed by atoms with van der Waals surface area (Å²) in [4.78, 5) is 30.8. The van der Waals surface area contributed by atoms with E-state index in [1.807, 2.05) is 31.2 Å². The molecule has 2 aromatic heterocycles. The summed E-state index contributed by atoms with van der Waals surface area (Å²) in [6.45, 7) is 2.57. The molecule has 5 rings (SSSR count). The molecule has 168 valence electrons. The lowest BCUT2D eigenvalue weighted by atomic mass is 9.71. The number of amides is 2. The van der Waals surface area contributed by atoms with Crippen LogP contribution in [0.1, 0.15) is 42.5 Å². The smallest absolute Gasteiger partial charge is 0.230 e. The molecule has 2 amide bonds.